The van der Waals surface area contributed by atoms with E-state index < -0.39 is 0 Å². The molecule has 4 nitrogen and oxygen atoms in total. The number of nitrogens with zero attached hydrogens (tertiary/aromatic N) is 4. The third-order valence-electron chi connectivity index (χ3n) is 27.9. The monoisotopic (exact) mass is 1610 g/mol. The molecule has 18 aromatic carbocycles. The Morgan fingerprint density at radius 2 is 0.467 bits per heavy atom. The van der Waals surface area contributed by atoms with Gasteiger partial charge in [0.05, 0.1) is 45.5 Å². The Labute approximate surface area is 711 Å². The van der Waals surface area contributed by atoms with Crippen LogP contribution in [0.5, 0.6) is 0 Å². The molecule has 0 unspecified atom stereocenters. The predicted octanol–water partition coefficient (Wildman–Crippen LogP) is 33.9. The van der Waals surface area contributed by atoms with Crippen LogP contribution in [-0.4, -0.2) is 0 Å². The Morgan fingerprint density at radius 1 is 0.183 bits per heavy atom. The minimum absolute atomic E-state index is 0.257. The van der Waals surface area contributed by atoms with Crippen molar-refractivity contribution in [3.8, 4) is 11.1 Å². The summed E-state index contributed by atoms with van der Waals surface area (Å²) in [5.74, 6) is 0. The quantitative estimate of drug-likeness (QED) is 0.170. The van der Waals surface area contributed by atoms with Gasteiger partial charge in [-0.2, -0.15) is 0 Å². The Bertz CT molecular complexity index is 8320. The first kappa shape index (κ1) is 69.1. The zero-order valence-electron chi connectivity index (χ0n) is 67.6. The predicted molar refractivity (Wildman–Crippen MR) is 521 cm³/mol. The van der Waals surface area contributed by atoms with Gasteiger partial charge in [-0.05, 0) is 245 Å². The molecule has 26 rings (SSSR count). The van der Waals surface area contributed by atoms with Crippen LogP contribution >= 0.6 is 45.3 Å². The second kappa shape index (κ2) is 24.4. The summed E-state index contributed by atoms with van der Waals surface area (Å²) in [4.78, 5) is 10.2. The molecule has 120 heavy (non-hydrogen) atoms. The second-order valence-electron chi connectivity index (χ2n) is 36.0. The minimum atomic E-state index is -0.349. The van der Waals surface area contributed by atoms with Gasteiger partial charge in [0.15, 0.2) is 0 Å². The van der Waals surface area contributed by atoms with Crippen molar-refractivity contribution in [3.63, 3.8) is 0 Å². The van der Waals surface area contributed by atoms with Crippen LogP contribution in [0.3, 0.4) is 0 Å². The van der Waals surface area contributed by atoms with Gasteiger partial charge in [0.25, 0.3) is 0 Å². The van der Waals surface area contributed by atoms with E-state index in [1.165, 1.54) is 236 Å². The number of anilines is 12. The van der Waals surface area contributed by atoms with Crippen LogP contribution in [0.1, 0.15) is 99.9 Å². The summed E-state index contributed by atoms with van der Waals surface area (Å²) in [6.45, 7) is 19.6. The van der Waals surface area contributed by atoms with E-state index >= 15 is 0 Å². The summed E-state index contributed by atoms with van der Waals surface area (Å²) in [6, 6.07) is 126. The molecule has 0 saturated carbocycles. The standard InChI is InChI=1S/C112H78N4S4/c1-109(2)85-47-65-24-15-19-28-69(65)51-93(85)114(74-35-13-10-14-36-74)97-61-103-79(55-89(97)109)83-59-100-84(60-99(83)117-103)80-56-90-98(62-104(80)118-100)115(94-52-70-29-20-16-25-66(70)48-86(94)110(90,3)4)75-40-38-63(39-41-75)64-32-23-37-76(46-64)116-92-45-43-78-82-58-101-81(57-102(82)120-108(78)106(92)112(7,8)88-50-68-27-18-22-31-72(68)54-96(88)116)77-42-44-91-105(107(77)119-101)111(5,6)87-49-67-26-17-21-30-71(67)53-95(87)113(91)73-33-11-9-12-34-73/h9-62H,1-8H3. The van der Waals surface area contributed by atoms with E-state index in [1.54, 1.807) is 0 Å². The summed E-state index contributed by atoms with van der Waals surface area (Å²) in [6.07, 6.45) is 0. The zero-order valence-corrected chi connectivity index (χ0v) is 70.9. The highest BCUT2D eigenvalue weighted by molar-refractivity contribution is 7.28. The average molecular weight is 1610 g/mol. The highest BCUT2D eigenvalue weighted by Gasteiger charge is 2.45. The van der Waals surface area contributed by atoms with Crippen molar-refractivity contribution in [1.82, 2.24) is 0 Å². The van der Waals surface area contributed by atoms with Crippen molar-refractivity contribution in [1.29, 1.82) is 0 Å². The van der Waals surface area contributed by atoms with E-state index in [0.717, 1.165) is 11.4 Å². The molecule has 0 radical (unpaired) electrons. The van der Waals surface area contributed by atoms with Gasteiger partial charge in [0.2, 0.25) is 0 Å². The van der Waals surface area contributed by atoms with E-state index in [9.17, 15) is 0 Å². The third kappa shape index (κ3) is 9.56. The number of fused-ring (bicyclic) bond motifs is 26. The van der Waals surface area contributed by atoms with Gasteiger partial charge in [-0.25, -0.2) is 0 Å². The van der Waals surface area contributed by atoms with Gasteiger partial charge in [-0.15, -0.1) is 45.3 Å². The molecule has 0 fully saturated rings. The maximum atomic E-state index is 2.58. The molecule has 4 aliphatic rings. The number of hydrogen-bond acceptors (Lipinski definition) is 8. The van der Waals surface area contributed by atoms with Gasteiger partial charge >= 0.3 is 0 Å². The molecule has 0 aliphatic carbocycles. The van der Waals surface area contributed by atoms with Crippen molar-refractivity contribution < 1.29 is 0 Å². The molecule has 0 bridgehead atoms. The smallest absolute Gasteiger partial charge is 0.0517 e. The largest absolute Gasteiger partial charge is 0.310 e. The van der Waals surface area contributed by atoms with Crippen molar-refractivity contribution in [3.05, 3.63) is 372 Å². The maximum absolute atomic E-state index is 2.58. The third-order valence-corrected chi connectivity index (χ3v) is 32.5. The Balaban J connectivity index is 0.585. The molecule has 4 aromatic heterocycles. The van der Waals surface area contributed by atoms with Crippen LogP contribution < -0.4 is 19.6 Å². The SMILES string of the molecule is CC1(C)c2cc3ccccc3cc2N(c2ccccc2)c2cc3sc4cc5c(cc4c3cc21)sc1cc2c(cc15)C(C)(C)c1cc3ccccc3cc1N2c1ccc(-c2cccc(N3c4cc5ccccc5cc4C(C)(C)c4c3ccc3c4sc4cc5c(cc43)sc3c4c(ccc35)N(c3ccccc3)c3cc5ccccc5cc3C4(C)C)c2)cc1. The highest BCUT2D eigenvalue weighted by Crippen LogP contribution is 2.63. The molecule has 8 heterocycles. The molecular formula is C112H78N4S4. The number of rotatable bonds is 5. The first-order valence-corrected chi connectivity index (χ1v) is 45.2. The molecule has 0 atom stereocenters. The first-order valence-electron chi connectivity index (χ1n) is 41.9. The number of benzene rings is 18. The Hall–Kier alpha value is -12.9. The molecule has 22 aromatic rings. The fourth-order valence-corrected chi connectivity index (χ4v) is 27.0. The van der Waals surface area contributed by atoms with E-state index in [0.29, 0.717) is 0 Å². The fourth-order valence-electron chi connectivity index (χ4n) is 21.8. The van der Waals surface area contributed by atoms with Crippen LogP contribution in [0.15, 0.2) is 328 Å². The molecular weight excluding hydrogens is 1530 g/mol. The van der Waals surface area contributed by atoms with E-state index in [-0.39, 0.29) is 21.7 Å². The molecule has 0 saturated heterocycles. The van der Waals surface area contributed by atoms with Crippen LogP contribution in [0.4, 0.5) is 68.2 Å². The molecule has 0 spiro atoms. The average Bonchev–Trinajstić information content (AvgIpc) is 1.36. The molecule has 0 N–H and O–H groups in total. The highest BCUT2D eigenvalue weighted by atomic mass is 32.1. The van der Waals surface area contributed by atoms with Gasteiger partial charge < -0.3 is 19.6 Å². The summed E-state index contributed by atoms with van der Waals surface area (Å²) < 4.78 is 10.6. The van der Waals surface area contributed by atoms with Crippen molar-refractivity contribution in [2.45, 2.75) is 77.0 Å². The lowest BCUT2D eigenvalue weighted by Gasteiger charge is -2.42. The Kier molecular flexibility index (Phi) is 14.0. The van der Waals surface area contributed by atoms with Crippen LogP contribution in [0.25, 0.3) is 135 Å². The second-order valence-corrected chi connectivity index (χ2v) is 40.2. The zero-order chi connectivity index (χ0) is 79.9. The summed E-state index contributed by atoms with van der Waals surface area (Å²) in [5.41, 5.74) is 26.4. The van der Waals surface area contributed by atoms with Gasteiger partial charge in [-0.3, -0.25) is 0 Å². The van der Waals surface area contributed by atoms with Crippen LogP contribution in [0.2, 0.25) is 0 Å². The van der Waals surface area contributed by atoms with E-state index in [2.05, 4.69) is 403 Å². The first-order chi connectivity index (χ1) is 58.4. The van der Waals surface area contributed by atoms with Crippen molar-refractivity contribution >= 4 is 237 Å². The van der Waals surface area contributed by atoms with Crippen LogP contribution in [-0.2, 0) is 21.7 Å². The Morgan fingerprint density at radius 3 is 0.858 bits per heavy atom. The topological polar surface area (TPSA) is 13.0 Å². The lowest BCUT2D eigenvalue weighted by atomic mass is 9.72. The number of para-hydroxylation sites is 2. The summed E-state index contributed by atoms with van der Waals surface area (Å²) in [5, 5.41) is 20.6. The summed E-state index contributed by atoms with van der Waals surface area (Å²) in [7, 11) is 0. The maximum Gasteiger partial charge on any atom is 0.0517 e. The van der Waals surface area contributed by atoms with E-state index in [4.69, 9.17) is 0 Å². The van der Waals surface area contributed by atoms with Gasteiger partial charge in [0, 0.05) is 136 Å². The number of thiophene rings is 4. The van der Waals surface area contributed by atoms with E-state index in [1.807, 2.05) is 45.3 Å². The molecule has 570 valence electrons. The van der Waals surface area contributed by atoms with Gasteiger partial charge in [-0.1, -0.05) is 225 Å². The minimum Gasteiger partial charge on any atom is -0.310 e. The number of hydrogen-bond donors (Lipinski definition) is 0. The molecule has 4 aliphatic heterocycles. The van der Waals surface area contributed by atoms with Crippen LogP contribution in [0, 0.1) is 0 Å². The fraction of sp³-hybridized carbons (Fsp3) is 0.107. The lowest BCUT2D eigenvalue weighted by molar-refractivity contribution is 0.634. The molecule has 8 heteroatoms. The molecule has 0 amide bonds. The van der Waals surface area contributed by atoms with Crippen molar-refractivity contribution in [2.75, 3.05) is 19.6 Å². The van der Waals surface area contributed by atoms with Gasteiger partial charge in [0.1, 0.15) is 0 Å². The lowest BCUT2D eigenvalue weighted by Crippen LogP contribution is -2.30. The normalized spacial score (nSPS) is 15.4. The van der Waals surface area contributed by atoms with Crippen molar-refractivity contribution in [2.24, 2.45) is 0 Å². The summed E-state index contributed by atoms with van der Waals surface area (Å²) >= 11 is 7.81.